The number of carbonyl (C=O) groups is 2. The Labute approximate surface area is 159 Å². The molecular weight excluding hydrogens is 370 g/mol. The second-order valence-corrected chi connectivity index (χ2v) is 6.72. The molecular formula is C19H16ClN3O4. The molecule has 4 rings (SSSR count). The van der Waals surface area contributed by atoms with Gasteiger partial charge in [0.15, 0.2) is 5.76 Å². The number of rotatable bonds is 2. The van der Waals surface area contributed by atoms with Crippen molar-refractivity contribution in [2.75, 3.05) is 26.2 Å². The van der Waals surface area contributed by atoms with Crippen molar-refractivity contribution in [3.63, 3.8) is 0 Å². The zero-order chi connectivity index (χ0) is 19.0. The molecule has 8 heteroatoms. The summed E-state index contributed by atoms with van der Waals surface area (Å²) in [5, 5.41) is 0.923. The van der Waals surface area contributed by atoms with Crippen LogP contribution in [0.3, 0.4) is 0 Å². The number of aromatic nitrogens is 1. The summed E-state index contributed by atoms with van der Waals surface area (Å²) in [7, 11) is 0. The number of H-pyrrole nitrogens is 1. The third-order valence-electron chi connectivity index (χ3n) is 4.66. The summed E-state index contributed by atoms with van der Waals surface area (Å²) in [6.45, 7) is 1.46. The minimum Gasteiger partial charge on any atom is -0.459 e. The number of halogens is 1. The first-order chi connectivity index (χ1) is 13.0. The van der Waals surface area contributed by atoms with Gasteiger partial charge in [-0.1, -0.05) is 11.6 Å². The molecule has 0 saturated carbocycles. The molecule has 0 atom stereocenters. The van der Waals surface area contributed by atoms with Gasteiger partial charge < -0.3 is 19.2 Å². The third kappa shape index (κ3) is 3.21. The van der Waals surface area contributed by atoms with Crippen LogP contribution in [0.25, 0.3) is 10.9 Å². The molecule has 1 saturated heterocycles. The molecule has 7 nitrogen and oxygen atoms in total. The molecule has 27 heavy (non-hydrogen) atoms. The van der Waals surface area contributed by atoms with E-state index >= 15 is 0 Å². The number of furan rings is 1. The number of benzene rings is 1. The van der Waals surface area contributed by atoms with Crippen LogP contribution in [0.5, 0.6) is 0 Å². The Bertz CT molecular complexity index is 1070. The van der Waals surface area contributed by atoms with Crippen molar-refractivity contribution in [1.82, 2.24) is 14.8 Å². The van der Waals surface area contributed by atoms with Crippen LogP contribution >= 0.6 is 11.6 Å². The highest BCUT2D eigenvalue weighted by molar-refractivity contribution is 6.31. The monoisotopic (exact) mass is 385 g/mol. The fourth-order valence-corrected chi connectivity index (χ4v) is 3.36. The number of hydrogen-bond donors (Lipinski definition) is 1. The Hall–Kier alpha value is -3.06. The van der Waals surface area contributed by atoms with Crippen molar-refractivity contribution in [1.29, 1.82) is 0 Å². The molecule has 138 valence electrons. The summed E-state index contributed by atoms with van der Waals surface area (Å²) in [6, 6.07) is 8.14. The molecule has 2 aromatic heterocycles. The minimum atomic E-state index is -0.349. The first-order valence-electron chi connectivity index (χ1n) is 8.47. The van der Waals surface area contributed by atoms with E-state index in [0.717, 1.165) is 0 Å². The first-order valence-corrected chi connectivity index (χ1v) is 8.85. The maximum Gasteiger partial charge on any atom is 0.289 e. The standard InChI is InChI=1S/C19H16ClN3O4/c20-12-3-4-13-15(10-12)21-11-14(17(13)24)18(25)22-5-7-23(8-6-22)19(26)16-2-1-9-27-16/h1-4,9-11H,5-8H2,(H,21,24). The maximum atomic E-state index is 12.8. The minimum absolute atomic E-state index is 0.0793. The highest BCUT2D eigenvalue weighted by Gasteiger charge is 2.27. The summed E-state index contributed by atoms with van der Waals surface area (Å²) in [4.78, 5) is 43.9. The van der Waals surface area contributed by atoms with Crippen molar-refractivity contribution in [2.24, 2.45) is 0 Å². The number of fused-ring (bicyclic) bond motifs is 1. The third-order valence-corrected chi connectivity index (χ3v) is 4.89. The number of nitrogens with one attached hydrogen (secondary N) is 1. The van der Waals surface area contributed by atoms with Crippen LogP contribution in [-0.4, -0.2) is 52.8 Å². The topological polar surface area (TPSA) is 86.6 Å². The highest BCUT2D eigenvalue weighted by atomic mass is 35.5. The van der Waals surface area contributed by atoms with Crippen molar-refractivity contribution < 1.29 is 14.0 Å². The van der Waals surface area contributed by atoms with Crippen LogP contribution in [0.15, 0.2) is 52.0 Å². The average molecular weight is 386 g/mol. The van der Waals surface area contributed by atoms with Crippen LogP contribution in [0.1, 0.15) is 20.9 Å². The lowest BCUT2D eigenvalue weighted by molar-refractivity contribution is 0.0517. The zero-order valence-electron chi connectivity index (χ0n) is 14.3. The molecule has 1 aliphatic heterocycles. The molecule has 1 aromatic carbocycles. The van der Waals surface area contributed by atoms with Crippen molar-refractivity contribution in [2.45, 2.75) is 0 Å². The molecule has 3 heterocycles. The molecule has 0 unspecified atom stereocenters. The van der Waals surface area contributed by atoms with Crippen LogP contribution in [0.4, 0.5) is 0 Å². The lowest BCUT2D eigenvalue weighted by atomic mass is 10.1. The summed E-state index contributed by atoms with van der Waals surface area (Å²) in [6.07, 6.45) is 2.87. The van der Waals surface area contributed by atoms with Crippen LogP contribution in [-0.2, 0) is 0 Å². The van der Waals surface area contributed by atoms with Gasteiger partial charge in [0.25, 0.3) is 11.8 Å². The van der Waals surface area contributed by atoms with Gasteiger partial charge in [-0.3, -0.25) is 14.4 Å². The summed E-state index contributed by atoms with van der Waals surface area (Å²) < 4.78 is 5.13. The fraction of sp³-hybridized carbons (Fsp3) is 0.211. The fourth-order valence-electron chi connectivity index (χ4n) is 3.19. The number of amides is 2. The molecule has 0 bridgehead atoms. The SMILES string of the molecule is O=C(c1ccco1)N1CCN(C(=O)c2c[nH]c3cc(Cl)ccc3c2=O)CC1. The summed E-state index contributed by atoms with van der Waals surface area (Å²) in [5.41, 5.74) is 0.327. The van der Waals surface area contributed by atoms with E-state index in [2.05, 4.69) is 4.98 Å². The predicted octanol–water partition coefficient (Wildman–Crippen LogP) is 2.37. The van der Waals surface area contributed by atoms with Gasteiger partial charge in [0.1, 0.15) is 5.56 Å². The Balaban J connectivity index is 1.50. The number of hydrogen-bond acceptors (Lipinski definition) is 4. The molecule has 1 fully saturated rings. The summed E-state index contributed by atoms with van der Waals surface area (Å²) in [5.74, 6) is -0.273. The van der Waals surface area contributed by atoms with E-state index in [-0.39, 0.29) is 28.6 Å². The van der Waals surface area contributed by atoms with Gasteiger partial charge >= 0.3 is 0 Å². The van der Waals surface area contributed by atoms with E-state index in [1.54, 1.807) is 40.1 Å². The second kappa shape index (κ2) is 6.92. The number of carbonyl (C=O) groups excluding carboxylic acids is 2. The van der Waals surface area contributed by atoms with Crippen LogP contribution < -0.4 is 5.43 Å². The Morgan fingerprint density at radius 1 is 1.04 bits per heavy atom. The lowest BCUT2D eigenvalue weighted by Gasteiger charge is -2.34. The van der Waals surface area contributed by atoms with E-state index in [0.29, 0.717) is 42.1 Å². The van der Waals surface area contributed by atoms with Gasteiger partial charge in [0.2, 0.25) is 5.43 Å². The van der Waals surface area contributed by atoms with Gasteiger partial charge in [0.05, 0.1) is 11.8 Å². The molecule has 3 aromatic rings. The van der Waals surface area contributed by atoms with Crippen molar-refractivity contribution in [3.8, 4) is 0 Å². The lowest BCUT2D eigenvalue weighted by Crippen LogP contribution is -2.51. The average Bonchev–Trinajstić information content (AvgIpc) is 3.22. The smallest absolute Gasteiger partial charge is 0.289 e. The molecule has 0 radical (unpaired) electrons. The molecule has 2 amide bonds. The van der Waals surface area contributed by atoms with E-state index < -0.39 is 0 Å². The van der Waals surface area contributed by atoms with Crippen LogP contribution in [0.2, 0.25) is 5.02 Å². The van der Waals surface area contributed by atoms with Gasteiger partial charge in [-0.2, -0.15) is 0 Å². The van der Waals surface area contributed by atoms with E-state index in [9.17, 15) is 14.4 Å². The molecule has 0 aliphatic carbocycles. The molecule has 1 N–H and O–H groups in total. The quantitative estimate of drug-likeness (QED) is 0.733. The molecule has 0 spiro atoms. The Morgan fingerprint density at radius 2 is 1.74 bits per heavy atom. The largest absolute Gasteiger partial charge is 0.459 e. The predicted molar refractivity (Wildman–Crippen MR) is 100 cm³/mol. The van der Waals surface area contributed by atoms with E-state index in [4.69, 9.17) is 16.0 Å². The van der Waals surface area contributed by atoms with E-state index in [1.807, 2.05) is 0 Å². The zero-order valence-corrected chi connectivity index (χ0v) is 15.0. The Kier molecular flexibility index (Phi) is 4.45. The Morgan fingerprint density at radius 3 is 2.41 bits per heavy atom. The number of aromatic amines is 1. The van der Waals surface area contributed by atoms with Crippen LogP contribution in [0, 0.1) is 0 Å². The maximum absolute atomic E-state index is 12.8. The van der Waals surface area contributed by atoms with Gasteiger partial charge in [0, 0.05) is 42.8 Å². The van der Waals surface area contributed by atoms with Crippen molar-refractivity contribution in [3.05, 3.63) is 69.4 Å². The van der Waals surface area contributed by atoms with Gasteiger partial charge in [-0.05, 0) is 30.3 Å². The number of pyridine rings is 1. The summed E-state index contributed by atoms with van der Waals surface area (Å²) >= 11 is 5.94. The first kappa shape index (κ1) is 17.4. The van der Waals surface area contributed by atoms with Crippen molar-refractivity contribution >= 4 is 34.3 Å². The number of piperazine rings is 1. The number of nitrogens with zero attached hydrogens (tertiary/aromatic N) is 2. The highest BCUT2D eigenvalue weighted by Crippen LogP contribution is 2.16. The van der Waals surface area contributed by atoms with E-state index in [1.165, 1.54) is 12.5 Å². The van der Waals surface area contributed by atoms with Gasteiger partial charge in [-0.15, -0.1) is 0 Å². The second-order valence-electron chi connectivity index (χ2n) is 6.28. The normalized spacial score (nSPS) is 14.6. The van der Waals surface area contributed by atoms with Gasteiger partial charge in [-0.25, -0.2) is 0 Å². The molecule has 1 aliphatic rings.